The number of H-pyrrole nitrogens is 1. The number of carbonyl (C=O) groups is 2. The van der Waals surface area contributed by atoms with Gasteiger partial charge in [-0.05, 0) is 41.5 Å². The van der Waals surface area contributed by atoms with Gasteiger partial charge in [-0.1, -0.05) is 54.6 Å². The van der Waals surface area contributed by atoms with E-state index in [0.717, 1.165) is 5.56 Å². The van der Waals surface area contributed by atoms with E-state index < -0.39 is 17.4 Å². The molecular formula is C26H17N3O4. The minimum absolute atomic E-state index is 0.0333. The molecule has 4 aromatic rings. The first-order valence-electron chi connectivity index (χ1n) is 9.95. The topological polar surface area (TPSA) is 123 Å². The van der Waals surface area contributed by atoms with Gasteiger partial charge < -0.3 is 15.4 Å². The third kappa shape index (κ3) is 4.40. The number of rotatable bonds is 5. The Morgan fingerprint density at radius 1 is 0.848 bits per heavy atom. The second-order valence-corrected chi connectivity index (χ2v) is 7.16. The molecule has 0 aliphatic rings. The molecule has 0 atom stereocenters. The van der Waals surface area contributed by atoms with Crippen LogP contribution in [0.1, 0.15) is 26.3 Å². The van der Waals surface area contributed by atoms with Crippen LogP contribution in [0.4, 0.5) is 5.69 Å². The molecular weight excluding hydrogens is 418 g/mol. The smallest absolute Gasteiger partial charge is 0.336 e. The number of hydrogen-bond acceptors (Lipinski definition) is 4. The van der Waals surface area contributed by atoms with Gasteiger partial charge in [0, 0.05) is 16.9 Å². The number of pyridine rings is 1. The summed E-state index contributed by atoms with van der Waals surface area (Å²) in [6.45, 7) is 0. The van der Waals surface area contributed by atoms with Gasteiger partial charge in [0.2, 0.25) is 0 Å². The molecule has 7 heteroatoms. The lowest BCUT2D eigenvalue weighted by Gasteiger charge is -2.10. The summed E-state index contributed by atoms with van der Waals surface area (Å²) < 4.78 is 0. The minimum Gasteiger partial charge on any atom is -0.478 e. The van der Waals surface area contributed by atoms with E-state index in [1.807, 2.05) is 36.4 Å². The largest absolute Gasteiger partial charge is 0.478 e. The third-order valence-electron chi connectivity index (χ3n) is 5.09. The molecule has 1 heterocycles. The second-order valence-electron chi connectivity index (χ2n) is 7.16. The maximum absolute atomic E-state index is 12.6. The monoisotopic (exact) mass is 435 g/mol. The molecule has 0 unspecified atom stereocenters. The SMILES string of the molecule is N#Cc1c(-c2ccccc2)cc(-c2ccc(NC(=O)c3ccccc3C(=O)O)cc2)[nH]c1=O. The van der Waals surface area contributed by atoms with Crippen molar-refractivity contribution in [1.82, 2.24) is 4.98 Å². The zero-order valence-electron chi connectivity index (χ0n) is 17.2. The van der Waals surface area contributed by atoms with Crippen LogP contribution in [-0.2, 0) is 0 Å². The van der Waals surface area contributed by atoms with E-state index in [0.29, 0.717) is 22.5 Å². The van der Waals surface area contributed by atoms with Gasteiger partial charge in [-0.25, -0.2) is 4.79 Å². The van der Waals surface area contributed by atoms with E-state index in [1.165, 1.54) is 12.1 Å². The average Bonchev–Trinajstić information content (AvgIpc) is 2.84. The molecule has 160 valence electrons. The second kappa shape index (κ2) is 9.04. The van der Waals surface area contributed by atoms with Gasteiger partial charge in [0.05, 0.1) is 11.1 Å². The van der Waals surface area contributed by atoms with Crippen molar-refractivity contribution in [3.63, 3.8) is 0 Å². The fraction of sp³-hybridized carbons (Fsp3) is 0. The Morgan fingerprint density at radius 3 is 2.12 bits per heavy atom. The molecule has 7 nitrogen and oxygen atoms in total. The van der Waals surface area contributed by atoms with Crippen molar-refractivity contribution in [2.45, 2.75) is 0 Å². The van der Waals surface area contributed by atoms with Gasteiger partial charge in [0.15, 0.2) is 0 Å². The van der Waals surface area contributed by atoms with Crippen molar-refractivity contribution >= 4 is 17.6 Å². The molecule has 1 amide bonds. The first-order valence-corrected chi connectivity index (χ1v) is 9.95. The highest BCUT2D eigenvalue weighted by Gasteiger charge is 2.16. The van der Waals surface area contributed by atoms with Crippen LogP contribution in [0.15, 0.2) is 89.7 Å². The number of carboxylic acid groups (broad SMARTS) is 1. The number of nitrogens with one attached hydrogen (secondary N) is 2. The van der Waals surface area contributed by atoms with Crippen LogP contribution in [-0.4, -0.2) is 22.0 Å². The van der Waals surface area contributed by atoms with E-state index in [2.05, 4.69) is 10.3 Å². The Bertz CT molecular complexity index is 1450. The molecule has 1 aromatic heterocycles. The summed E-state index contributed by atoms with van der Waals surface area (Å²) in [7, 11) is 0. The summed E-state index contributed by atoms with van der Waals surface area (Å²) >= 11 is 0. The molecule has 0 aliphatic carbocycles. The number of carboxylic acids is 1. The Kier molecular flexibility index (Phi) is 5.83. The number of hydrogen-bond donors (Lipinski definition) is 3. The summed E-state index contributed by atoms with van der Waals surface area (Å²) in [5.41, 5.74) is 2.45. The Hall–Kier alpha value is -4.96. The third-order valence-corrected chi connectivity index (χ3v) is 5.09. The first-order chi connectivity index (χ1) is 16.0. The van der Waals surface area contributed by atoms with Crippen molar-refractivity contribution in [2.75, 3.05) is 5.32 Å². The molecule has 0 spiro atoms. The average molecular weight is 435 g/mol. The van der Waals surface area contributed by atoms with E-state index >= 15 is 0 Å². The zero-order chi connectivity index (χ0) is 23.4. The summed E-state index contributed by atoms with van der Waals surface area (Å²) in [5, 5.41) is 21.4. The molecule has 0 aliphatic heterocycles. The summed E-state index contributed by atoms with van der Waals surface area (Å²) in [4.78, 5) is 39.2. The van der Waals surface area contributed by atoms with Crippen LogP contribution in [0.2, 0.25) is 0 Å². The number of benzene rings is 3. The van der Waals surface area contributed by atoms with E-state index in [-0.39, 0.29) is 16.7 Å². The molecule has 0 fully saturated rings. The Balaban J connectivity index is 1.64. The summed E-state index contributed by atoms with van der Waals surface area (Å²) in [6.07, 6.45) is 0. The maximum atomic E-state index is 12.6. The molecule has 3 N–H and O–H groups in total. The van der Waals surface area contributed by atoms with E-state index in [4.69, 9.17) is 0 Å². The molecule has 0 saturated heterocycles. The lowest BCUT2D eigenvalue weighted by Crippen LogP contribution is -2.16. The molecule has 0 radical (unpaired) electrons. The van der Waals surface area contributed by atoms with Crippen LogP contribution in [0, 0.1) is 11.3 Å². The van der Waals surface area contributed by atoms with Crippen LogP contribution >= 0.6 is 0 Å². The number of aromatic amines is 1. The highest BCUT2D eigenvalue weighted by molar-refractivity contribution is 6.10. The van der Waals surface area contributed by atoms with E-state index in [1.54, 1.807) is 42.5 Å². The van der Waals surface area contributed by atoms with Crippen molar-refractivity contribution in [3.8, 4) is 28.5 Å². The lowest BCUT2D eigenvalue weighted by atomic mass is 9.99. The van der Waals surface area contributed by atoms with Crippen molar-refractivity contribution in [1.29, 1.82) is 5.26 Å². The predicted octanol–water partition coefficient (Wildman–Crippen LogP) is 4.53. The lowest BCUT2D eigenvalue weighted by molar-refractivity contribution is 0.0692. The summed E-state index contributed by atoms with van der Waals surface area (Å²) in [6, 6.07) is 25.6. The molecule has 33 heavy (non-hydrogen) atoms. The fourth-order valence-corrected chi connectivity index (χ4v) is 3.47. The van der Waals surface area contributed by atoms with Crippen molar-refractivity contribution in [2.24, 2.45) is 0 Å². The number of nitrogens with zero attached hydrogens (tertiary/aromatic N) is 1. The number of amides is 1. The summed E-state index contributed by atoms with van der Waals surface area (Å²) in [5.74, 6) is -1.73. The van der Waals surface area contributed by atoms with Crippen molar-refractivity contribution in [3.05, 3.63) is 112 Å². The van der Waals surface area contributed by atoms with Crippen LogP contribution in [0.3, 0.4) is 0 Å². The maximum Gasteiger partial charge on any atom is 0.336 e. The quantitative estimate of drug-likeness (QED) is 0.425. The van der Waals surface area contributed by atoms with Gasteiger partial charge in [0.1, 0.15) is 11.6 Å². The number of anilines is 1. The predicted molar refractivity (Wildman–Crippen MR) is 124 cm³/mol. The van der Waals surface area contributed by atoms with Gasteiger partial charge >= 0.3 is 5.97 Å². The molecule has 0 bridgehead atoms. The van der Waals surface area contributed by atoms with Crippen LogP contribution < -0.4 is 10.9 Å². The fourth-order valence-electron chi connectivity index (χ4n) is 3.47. The van der Waals surface area contributed by atoms with Crippen LogP contribution in [0.25, 0.3) is 22.4 Å². The van der Waals surface area contributed by atoms with Crippen molar-refractivity contribution < 1.29 is 14.7 Å². The molecule has 3 aromatic carbocycles. The highest BCUT2D eigenvalue weighted by Crippen LogP contribution is 2.27. The number of aromatic carboxylic acids is 1. The number of nitriles is 1. The normalized spacial score (nSPS) is 10.3. The standard InChI is InChI=1S/C26H17N3O4/c27-15-22-21(16-6-2-1-3-7-16)14-23(29-25(22)31)17-10-12-18(13-11-17)28-24(30)19-8-4-5-9-20(19)26(32)33/h1-14H,(H,28,30)(H,29,31)(H,32,33). The minimum atomic E-state index is -1.19. The van der Waals surface area contributed by atoms with Gasteiger partial charge in [-0.3, -0.25) is 9.59 Å². The zero-order valence-corrected chi connectivity index (χ0v) is 17.2. The van der Waals surface area contributed by atoms with Gasteiger partial charge in [0.25, 0.3) is 11.5 Å². The number of carbonyl (C=O) groups excluding carboxylic acids is 1. The molecule has 4 rings (SSSR count). The van der Waals surface area contributed by atoms with Gasteiger partial charge in [-0.15, -0.1) is 0 Å². The Labute approximate surface area is 188 Å². The Morgan fingerprint density at radius 2 is 1.48 bits per heavy atom. The van der Waals surface area contributed by atoms with Gasteiger partial charge in [-0.2, -0.15) is 5.26 Å². The molecule has 0 saturated carbocycles. The highest BCUT2D eigenvalue weighted by atomic mass is 16.4. The van der Waals surface area contributed by atoms with Crippen LogP contribution in [0.5, 0.6) is 0 Å². The van der Waals surface area contributed by atoms with E-state index in [9.17, 15) is 24.8 Å². The number of aromatic nitrogens is 1. The first kappa shape index (κ1) is 21.3.